The number of anilines is 1. The lowest BCUT2D eigenvalue weighted by Gasteiger charge is -2.08. The Bertz CT molecular complexity index is 1030. The van der Waals surface area contributed by atoms with Crippen LogP contribution in [0, 0.1) is 0 Å². The van der Waals surface area contributed by atoms with E-state index in [0.717, 1.165) is 16.3 Å². The molecular formula is C18H14N4O2. The van der Waals surface area contributed by atoms with E-state index in [0.29, 0.717) is 17.0 Å². The van der Waals surface area contributed by atoms with Gasteiger partial charge in [0.2, 0.25) is 0 Å². The van der Waals surface area contributed by atoms with Crippen molar-refractivity contribution in [3.05, 3.63) is 60.7 Å². The smallest absolute Gasteiger partial charge is 0.262 e. The first-order valence-electron chi connectivity index (χ1n) is 7.50. The van der Waals surface area contributed by atoms with Crippen molar-refractivity contribution < 1.29 is 9.53 Å². The third kappa shape index (κ3) is 2.89. The van der Waals surface area contributed by atoms with Gasteiger partial charge in [0.15, 0.2) is 6.61 Å². The maximum atomic E-state index is 12.0. The second-order valence-corrected chi connectivity index (χ2v) is 5.37. The summed E-state index contributed by atoms with van der Waals surface area (Å²) in [6.45, 7) is -0.0603. The van der Waals surface area contributed by atoms with Gasteiger partial charge < -0.3 is 10.1 Å². The van der Waals surface area contributed by atoms with Crippen molar-refractivity contribution >= 4 is 33.4 Å². The molecule has 6 heteroatoms. The van der Waals surface area contributed by atoms with Crippen molar-refractivity contribution in [3.63, 3.8) is 0 Å². The molecule has 0 atom stereocenters. The maximum Gasteiger partial charge on any atom is 0.262 e. The van der Waals surface area contributed by atoms with E-state index in [-0.39, 0.29) is 12.5 Å². The Morgan fingerprint density at radius 2 is 1.79 bits per heavy atom. The molecule has 1 heterocycles. The summed E-state index contributed by atoms with van der Waals surface area (Å²) in [6.07, 6.45) is 0. The summed E-state index contributed by atoms with van der Waals surface area (Å²) in [5, 5.41) is 15.5. The summed E-state index contributed by atoms with van der Waals surface area (Å²) in [5.74, 6) is 0.432. The van der Waals surface area contributed by atoms with Crippen LogP contribution in [0.15, 0.2) is 60.7 Å². The molecule has 0 saturated carbocycles. The van der Waals surface area contributed by atoms with Gasteiger partial charge in [0.1, 0.15) is 16.8 Å². The number of aromatic nitrogens is 3. The van der Waals surface area contributed by atoms with Crippen molar-refractivity contribution in [3.8, 4) is 5.75 Å². The van der Waals surface area contributed by atoms with Crippen LogP contribution in [0.2, 0.25) is 0 Å². The molecule has 2 N–H and O–H groups in total. The highest BCUT2D eigenvalue weighted by atomic mass is 16.5. The van der Waals surface area contributed by atoms with Crippen LogP contribution in [0.4, 0.5) is 5.69 Å². The highest BCUT2D eigenvalue weighted by Crippen LogP contribution is 2.20. The Labute approximate surface area is 137 Å². The SMILES string of the molecule is O=C(COc1ccc2ccccc2c1)Nc1ccc2n[nH]nc2c1. The van der Waals surface area contributed by atoms with Crippen LogP contribution in [0.5, 0.6) is 5.75 Å². The Balaban J connectivity index is 1.41. The zero-order valence-electron chi connectivity index (χ0n) is 12.7. The molecule has 0 saturated heterocycles. The standard InChI is InChI=1S/C18H14N4O2/c23-18(19-14-6-8-16-17(10-14)21-22-20-16)11-24-15-7-5-12-3-1-2-4-13(12)9-15/h1-10H,11H2,(H,19,23)(H,20,21,22). The Hall–Kier alpha value is -3.41. The highest BCUT2D eigenvalue weighted by molar-refractivity contribution is 5.94. The van der Waals surface area contributed by atoms with E-state index in [1.807, 2.05) is 42.5 Å². The minimum atomic E-state index is -0.231. The van der Waals surface area contributed by atoms with E-state index in [4.69, 9.17) is 4.74 Å². The fourth-order valence-corrected chi connectivity index (χ4v) is 2.52. The van der Waals surface area contributed by atoms with Gasteiger partial charge in [-0.15, -0.1) is 0 Å². The number of nitrogens with one attached hydrogen (secondary N) is 2. The minimum absolute atomic E-state index is 0.0603. The van der Waals surface area contributed by atoms with Gasteiger partial charge in [0.25, 0.3) is 5.91 Å². The minimum Gasteiger partial charge on any atom is -0.484 e. The van der Waals surface area contributed by atoms with Gasteiger partial charge in [-0.05, 0) is 41.1 Å². The van der Waals surface area contributed by atoms with Crippen LogP contribution in [0.25, 0.3) is 21.8 Å². The summed E-state index contributed by atoms with van der Waals surface area (Å²) in [5.41, 5.74) is 2.10. The second kappa shape index (κ2) is 6.00. The van der Waals surface area contributed by atoms with Gasteiger partial charge >= 0.3 is 0 Å². The van der Waals surface area contributed by atoms with Crippen LogP contribution in [-0.2, 0) is 4.79 Å². The van der Waals surface area contributed by atoms with Crippen LogP contribution >= 0.6 is 0 Å². The molecule has 1 amide bonds. The van der Waals surface area contributed by atoms with Crippen molar-refractivity contribution in [2.45, 2.75) is 0 Å². The Morgan fingerprint density at radius 3 is 2.71 bits per heavy atom. The number of amides is 1. The van der Waals surface area contributed by atoms with E-state index < -0.39 is 0 Å². The van der Waals surface area contributed by atoms with Gasteiger partial charge in [-0.3, -0.25) is 4.79 Å². The largest absolute Gasteiger partial charge is 0.484 e. The maximum absolute atomic E-state index is 12.0. The molecule has 0 aliphatic carbocycles. The summed E-state index contributed by atoms with van der Waals surface area (Å²) >= 11 is 0. The predicted molar refractivity (Wildman–Crippen MR) is 92.0 cm³/mol. The first-order chi connectivity index (χ1) is 11.8. The van der Waals surface area contributed by atoms with Gasteiger partial charge in [0, 0.05) is 5.69 Å². The lowest BCUT2D eigenvalue weighted by molar-refractivity contribution is -0.118. The lowest BCUT2D eigenvalue weighted by Crippen LogP contribution is -2.20. The van der Waals surface area contributed by atoms with Gasteiger partial charge in [-0.1, -0.05) is 30.3 Å². The van der Waals surface area contributed by atoms with Crippen molar-refractivity contribution in [1.82, 2.24) is 15.4 Å². The fourth-order valence-electron chi connectivity index (χ4n) is 2.52. The molecule has 6 nitrogen and oxygen atoms in total. The number of carbonyl (C=O) groups excluding carboxylic acids is 1. The second-order valence-electron chi connectivity index (χ2n) is 5.37. The summed E-state index contributed by atoms with van der Waals surface area (Å²) in [7, 11) is 0. The van der Waals surface area contributed by atoms with Gasteiger partial charge in [-0.2, -0.15) is 15.4 Å². The molecular weight excluding hydrogens is 304 g/mol. The molecule has 0 spiro atoms. The fraction of sp³-hybridized carbons (Fsp3) is 0.0556. The van der Waals surface area contributed by atoms with Crippen LogP contribution < -0.4 is 10.1 Å². The molecule has 0 aliphatic heterocycles. The first kappa shape index (κ1) is 14.2. The Morgan fingerprint density at radius 1 is 0.958 bits per heavy atom. The number of hydrogen-bond acceptors (Lipinski definition) is 4. The molecule has 0 radical (unpaired) electrons. The average molecular weight is 318 g/mol. The van der Waals surface area contributed by atoms with Crippen molar-refractivity contribution in [1.29, 1.82) is 0 Å². The van der Waals surface area contributed by atoms with Crippen molar-refractivity contribution in [2.24, 2.45) is 0 Å². The van der Waals surface area contributed by atoms with Crippen molar-refractivity contribution in [2.75, 3.05) is 11.9 Å². The molecule has 3 aromatic carbocycles. The zero-order valence-corrected chi connectivity index (χ0v) is 12.7. The highest BCUT2D eigenvalue weighted by Gasteiger charge is 2.06. The molecule has 4 rings (SSSR count). The van der Waals surface area contributed by atoms with E-state index in [2.05, 4.69) is 20.7 Å². The summed E-state index contributed by atoms with van der Waals surface area (Å²) in [4.78, 5) is 12.0. The topological polar surface area (TPSA) is 79.9 Å². The molecule has 0 unspecified atom stereocenters. The quantitative estimate of drug-likeness (QED) is 0.606. The predicted octanol–water partition coefficient (Wildman–Crippen LogP) is 3.13. The number of hydrogen-bond donors (Lipinski definition) is 2. The van der Waals surface area contributed by atoms with Crippen LogP contribution in [0.3, 0.4) is 0 Å². The number of nitrogens with zero attached hydrogens (tertiary/aromatic N) is 2. The van der Waals surface area contributed by atoms with Crippen LogP contribution in [-0.4, -0.2) is 27.9 Å². The summed E-state index contributed by atoms with van der Waals surface area (Å²) < 4.78 is 5.57. The number of fused-ring (bicyclic) bond motifs is 2. The monoisotopic (exact) mass is 318 g/mol. The third-order valence-corrected chi connectivity index (χ3v) is 3.69. The van der Waals surface area contributed by atoms with Crippen LogP contribution in [0.1, 0.15) is 0 Å². The normalized spacial score (nSPS) is 10.8. The number of benzene rings is 3. The molecule has 0 aliphatic rings. The van der Waals surface area contributed by atoms with E-state index in [9.17, 15) is 4.79 Å². The number of ether oxygens (including phenoxy) is 1. The third-order valence-electron chi connectivity index (χ3n) is 3.69. The van der Waals surface area contributed by atoms with E-state index >= 15 is 0 Å². The number of H-pyrrole nitrogens is 1. The van der Waals surface area contributed by atoms with Gasteiger partial charge in [-0.25, -0.2) is 0 Å². The molecule has 24 heavy (non-hydrogen) atoms. The molecule has 118 valence electrons. The van der Waals surface area contributed by atoms with E-state index in [1.165, 1.54) is 0 Å². The number of rotatable bonds is 4. The lowest BCUT2D eigenvalue weighted by atomic mass is 10.1. The molecule has 0 bridgehead atoms. The average Bonchev–Trinajstić information content (AvgIpc) is 3.07. The Kier molecular flexibility index (Phi) is 3.55. The number of aromatic amines is 1. The van der Waals surface area contributed by atoms with Gasteiger partial charge in [0.05, 0.1) is 0 Å². The summed E-state index contributed by atoms with van der Waals surface area (Å²) in [6, 6.07) is 19.1. The molecule has 1 aromatic heterocycles. The number of carbonyl (C=O) groups is 1. The molecule has 4 aromatic rings. The zero-order chi connectivity index (χ0) is 16.4. The molecule has 0 fully saturated rings. The first-order valence-corrected chi connectivity index (χ1v) is 7.50. The van der Waals surface area contributed by atoms with E-state index in [1.54, 1.807) is 18.2 Å².